The molecule has 2 aromatic rings. The van der Waals surface area contributed by atoms with Gasteiger partial charge in [0.05, 0.1) is 5.69 Å². The number of piperazine rings is 1. The van der Waals surface area contributed by atoms with Gasteiger partial charge < -0.3 is 4.90 Å². The van der Waals surface area contributed by atoms with Gasteiger partial charge in [-0.25, -0.2) is 4.39 Å². The summed E-state index contributed by atoms with van der Waals surface area (Å²) in [6.07, 6.45) is 0. The molecule has 0 aliphatic carbocycles. The maximum Gasteiger partial charge on any atom is 0.146 e. The molecule has 0 N–H and O–H groups in total. The van der Waals surface area contributed by atoms with Crippen molar-refractivity contribution in [3.63, 3.8) is 0 Å². The first-order valence-corrected chi connectivity index (χ1v) is 7.98. The third-order valence-electron chi connectivity index (χ3n) is 3.92. The summed E-state index contributed by atoms with van der Waals surface area (Å²) in [5.74, 6) is -0.128. The average molecular weight is 349 g/mol. The average Bonchev–Trinajstić information content (AvgIpc) is 2.51. The van der Waals surface area contributed by atoms with Gasteiger partial charge in [-0.1, -0.05) is 46.3 Å². The predicted octanol–water partition coefficient (Wildman–Crippen LogP) is 3.91. The maximum atomic E-state index is 13.8. The molecular formula is C17H18BrFN2. The highest BCUT2D eigenvalue weighted by molar-refractivity contribution is 9.10. The number of benzene rings is 2. The molecule has 1 aliphatic heterocycles. The van der Waals surface area contributed by atoms with Crippen LogP contribution in [0.4, 0.5) is 10.1 Å². The first kappa shape index (κ1) is 14.5. The molecule has 1 aliphatic rings. The Hall–Kier alpha value is -1.39. The molecule has 3 rings (SSSR count). The lowest BCUT2D eigenvalue weighted by molar-refractivity contribution is 0.249. The first-order valence-electron chi connectivity index (χ1n) is 7.19. The Balaban J connectivity index is 1.61. The minimum atomic E-state index is -0.128. The molecule has 0 amide bonds. The molecule has 0 radical (unpaired) electrons. The molecule has 1 saturated heterocycles. The number of halogens is 2. The molecule has 2 nitrogen and oxygen atoms in total. The molecule has 110 valence electrons. The highest BCUT2D eigenvalue weighted by Gasteiger charge is 2.19. The Morgan fingerprint density at radius 3 is 2.29 bits per heavy atom. The Bertz CT molecular complexity index is 609. The number of para-hydroxylation sites is 1. The molecule has 0 aromatic heterocycles. The molecule has 1 heterocycles. The van der Waals surface area contributed by atoms with Gasteiger partial charge in [0.1, 0.15) is 5.82 Å². The van der Waals surface area contributed by atoms with Gasteiger partial charge in [-0.3, -0.25) is 4.90 Å². The SMILES string of the molecule is Fc1ccccc1N1CCN(Cc2ccccc2Br)CC1. The molecular weight excluding hydrogens is 331 g/mol. The van der Waals surface area contributed by atoms with Gasteiger partial charge in [0.25, 0.3) is 0 Å². The Labute approximate surface area is 133 Å². The highest BCUT2D eigenvalue weighted by atomic mass is 79.9. The fourth-order valence-corrected chi connectivity index (χ4v) is 3.13. The second-order valence-corrected chi connectivity index (χ2v) is 6.16. The van der Waals surface area contributed by atoms with E-state index in [4.69, 9.17) is 0 Å². The number of hydrogen-bond acceptors (Lipinski definition) is 2. The topological polar surface area (TPSA) is 6.48 Å². The van der Waals surface area contributed by atoms with Crippen LogP contribution in [0.15, 0.2) is 53.0 Å². The third-order valence-corrected chi connectivity index (χ3v) is 4.69. The van der Waals surface area contributed by atoms with Crippen LogP contribution in [-0.4, -0.2) is 31.1 Å². The van der Waals surface area contributed by atoms with E-state index in [1.807, 2.05) is 18.2 Å². The van der Waals surface area contributed by atoms with Crippen molar-refractivity contribution < 1.29 is 4.39 Å². The zero-order chi connectivity index (χ0) is 14.7. The van der Waals surface area contributed by atoms with Gasteiger partial charge in [-0.2, -0.15) is 0 Å². The van der Waals surface area contributed by atoms with E-state index in [0.29, 0.717) is 0 Å². The summed E-state index contributed by atoms with van der Waals surface area (Å²) in [7, 11) is 0. The van der Waals surface area contributed by atoms with Gasteiger partial charge in [0.15, 0.2) is 0 Å². The largest absolute Gasteiger partial charge is 0.367 e. The first-order chi connectivity index (χ1) is 10.2. The second-order valence-electron chi connectivity index (χ2n) is 5.31. The van der Waals surface area contributed by atoms with E-state index in [0.717, 1.165) is 42.9 Å². The predicted molar refractivity (Wildman–Crippen MR) is 88.0 cm³/mol. The summed E-state index contributed by atoms with van der Waals surface area (Å²) in [5, 5.41) is 0. The van der Waals surface area contributed by atoms with Gasteiger partial charge in [0.2, 0.25) is 0 Å². The van der Waals surface area contributed by atoms with Gasteiger partial charge in [-0.15, -0.1) is 0 Å². The van der Waals surface area contributed by atoms with Crippen molar-refractivity contribution in [1.82, 2.24) is 4.90 Å². The van der Waals surface area contributed by atoms with Crippen molar-refractivity contribution >= 4 is 21.6 Å². The van der Waals surface area contributed by atoms with Crippen molar-refractivity contribution in [2.75, 3.05) is 31.1 Å². The fraction of sp³-hybridized carbons (Fsp3) is 0.294. The minimum Gasteiger partial charge on any atom is -0.367 e. The van der Waals surface area contributed by atoms with Crippen molar-refractivity contribution in [2.24, 2.45) is 0 Å². The molecule has 0 spiro atoms. The zero-order valence-electron chi connectivity index (χ0n) is 11.8. The van der Waals surface area contributed by atoms with Crippen LogP contribution in [0.5, 0.6) is 0 Å². The minimum absolute atomic E-state index is 0.128. The van der Waals surface area contributed by atoms with Crippen LogP contribution in [0.25, 0.3) is 0 Å². The Morgan fingerprint density at radius 1 is 0.905 bits per heavy atom. The lowest BCUT2D eigenvalue weighted by atomic mass is 10.2. The van der Waals surface area contributed by atoms with E-state index in [9.17, 15) is 4.39 Å². The summed E-state index contributed by atoms with van der Waals surface area (Å²) < 4.78 is 15.0. The van der Waals surface area contributed by atoms with Gasteiger partial charge >= 0.3 is 0 Å². The molecule has 1 fully saturated rings. The number of hydrogen-bond donors (Lipinski definition) is 0. The van der Waals surface area contributed by atoms with Crippen LogP contribution in [-0.2, 0) is 6.54 Å². The molecule has 0 unspecified atom stereocenters. The summed E-state index contributed by atoms with van der Waals surface area (Å²) in [4.78, 5) is 4.54. The van der Waals surface area contributed by atoms with E-state index >= 15 is 0 Å². The van der Waals surface area contributed by atoms with Crippen molar-refractivity contribution in [3.8, 4) is 0 Å². The van der Waals surface area contributed by atoms with E-state index in [2.05, 4.69) is 43.9 Å². The van der Waals surface area contributed by atoms with E-state index in [1.54, 1.807) is 6.07 Å². The lowest BCUT2D eigenvalue weighted by Gasteiger charge is -2.36. The third kappa shape index (κ3) is 3.44. The van der Waals surface area contributed by atoms with Crippen LogP contribution in [0.2, 0.25) is 0 Å². The fourth-order valence-electron chi connectivity index (χ4n) is 2.72. The van der Waals surface area contributed by atoms with Crippen LogP contribution < -0.4 is 4.90 Å². The van der Waals surface area contributed by atoms with E-state index in [1.165, 1.54) is 11.6 Å². The highest BCUT2D eigenvalue weighted by Crippen LogP contribution is 2.22. The smallest absolute Gasteiger partial charge is 0.146 e. The summed E-state index contributed by atoms with van der Waals surface area (Å²) in [6.45, 7) is 4.58. The molecule has 0 atom stereocenters. The molecule has 0 bridgehead atoms. The van der Waals surface area contributed by atoms with E-state index in [-0.39, 0.29) is 5.82 Å². The van der Waals surface area contributed by atoms with Gasteiger partial charge in [-0.05, 0) is 23.8 Å². The molecule has 0 saturated carbocycles. The molecule has 4 heteroatoms. The van der Waals surface area contributed by atoms with Crippen molar-refractivity contribution in [2.45, 2.75) is 6.54 Å². The van der Waals surface area contributed by atoms with Crippen LogP contribution in [0, 0.1) is 5.82 Å². The number of anilines is 1. The molecule has 2 aromatic carbocycles. The van der Waals surface area contributed by atoms with E-state index < -0.39 is 0 Å². The Morgan fingerprint density at radius 2 is 1.57 bits per heavy atom. The summed E-state index contributed by atoms with van der Waals surface area (Å²) in [6, 6.07) is 15.3. The number of nitrogens with zero attached hydrogens (tertiary/aromatic N) is 2. The van der Waals surface area contributed by atoms with Crippen LogP contribution in [0.1, 0.15) is 5.56 Å². The number of rotatable bonds is 3. The summed E-state index contributed by atoms with van der Waals surface area (Å²) >= 11 is 3.59. The second kappa shape index (κ2) is 6.58. The van der Waals surface area contributed by atoms with Crippen molar-refractivity contribution in [1.29, 1.82) is 0 Å². The Kier molecular flexibility index (Phi) is 4.56. The summed E-state index contributed by atoms with van der Waals surface area (Å²) in [5.41, 5.74) is 2.02. The maximum absolute atomic E-state index is 13.8. The van der Waals surface area contributed by atoms with Crippen LogP contribution >= 0.6 is 15.9 Å². The van der Waals surface area contributed by atoms with Crippen LogP contribution in [0.3, 0.4) is 0 Å². The molecule has 21 heavy (non-hydrogen) atoms. The van der Waals surface area contributed by atoms with Gasteiger partial charge in [0, 0.05) is 37.2 Å². The van der Waals surface area contributed by atoms with Crippen molar-refractivity contribution in [3.05, 3.63) is 64.4 Å². The monoisotopic (exact) mass is 348 g/mol. The quantitative estimate of drug-likeness (QED) is 0.829. The normalized spacial score (nSPS) is 16.2. The standard InChI is InChI=1S/C17H18BrFN2/c18-15-6-2-1-5-14(15)13-20-9-11-21(12-10-20)17-8-4-3-7-16(17)19/h1-8H,9-13H2. The zero-order valence-corrected chi connectivity index (χ0v) is 13.4. The lowest BCUT2D eigenvalue weighted by Crippen LogP contribution is -2.46.